The fraction of sp³-hybridized carbons (Fsp3) is 0.158. The summed E-state index contributed by atoms with van der Waals surface area (Å²) in [5, 5.41) is 0.396. The van der Waals surface area contributed by atoms with E-state index in [1.165, 1.54) is 15.5 Å². The standard InChI is InChI=1S/C19H13BrCl3N3O3S/c1-19(9-11-2-4-12(20)5-3-11)17(27)25(15-7-13(21)6-14(22)8-15)18-24-10-16(26(18)19)30(23,28)29/h2-8,10H,9H2,1H3. The van der Waals surface area contributed by atoms with E-state index < -0.39 is 14.6 Å². The van der Waals surface area contributed by atoms with Crippen LogP contribution in [0.3, 0.4) is 0 Å². The number of carbonyl (C=O) groups excluding carboxylic acids is 1. The number of carbonyl (C=O) groups is 1. The molecular formula is C19H13BrCl3N3O3S. The Labute approximate surface area is 195 Å². The first-order chi connectivity index (χ1) is 14.0. The van der Waals surface area contributed by atoms with Gasteiger partial charge in [0.15, 0.2) is 5.03 Å². The zero-order valence-corrected chi connectivity index (χ0v) is 20.0. The summed E-state index contributed by atoms with van der Waals surface area (Å²) in [5.74, 6) is -0.259. The van der Waals surface area contributed by atoms with Crippen LogP contribution in [0.5, 0.6) is 0 Å². The van der Waals surface area contributed by atoms with E-state index in [0.717, 1.165) is 16.2 Å². The lowest BCUT2D eigenvalue weighted by molar-refractivity contribution is -0.124. The predicted molar refractivity (Wildman–Crippen MR) is 120 cm³/mol. The van der Waals surface area contributed by atoms with E-state index in [1.807, 2.05) is 24.3 Å². The van der Waals surface area contributed by atoms with Gasteiger partial charge in [-0.2, -0.15) is 0 Å². The van der Waals surface area contributed by atoms with Crippen molar-refractivity contribution in [1.82, 2.24) is 9.55 Å². The van der Waals surface area contributed by atoms with Crippen LogP contribution in [-0.4, -0.2) is 23.9 Å². The van der Waals surface area contributed by atoms with E-state index in [2.05, 4.69) is 20.9 Å². The number of hydrogen-bond donors (Lipinski definition) is 0. The molecule has 11 heteroatoms. The van der Waals surface area contributed by atoms with Gasteiger partial charge in [0.1, 0.15) is 5.54 Å². The molecule has 3 aromatic rings. The molecular weight excluding hydrogens is 537 g/mol. The Morgan fingerprint density at radius 2 is 1.70 bits per heavy atom. The van der Waals surface area contributed by atoms with E-state index in [1.54, 1.807) is 19.1 Å². The smallest absolute Gasteiger partial charge is 0.278 e. The fourth-order valence-corrected chi connectivity index (χ4v) is 5.39. The van der Waals surface area contributed by atoms with Crippen molar-refractivity contribution >= 4 is 76.4 Å². The van der Waals surface area contributed by atoms with Gasteiger partial charge < -0.3 is 0 Å². The van der Waals surface area contributed by atoms with Crippen molar-refractivity contribution in [1.29, 1.82) is 0 Å². The molecule has 156 valence electrons. The van der Waals surface area contributed by atoms with Crippen LogP contribution in [0.25, 0.3) is 0 Å². The van der Waals surface area contributed by atoms with Gasteiger partial charge in [-0.15, -0.1) is 0 Å². The molecule has 0 radical (unpaired) electrons. The highest BCUT2D eigenvalue weighted by molar-refractivity contribution is 9.10. The zero-order valence-electron chi connectivity index (χ0n) is 15.3. The van der Waals surface area contributed by atoms with Gasteiger partial charge in [0.05, 0.1) is 11.9 Å². The molecule has 1 unspecified atom stereocenters. The Bertz CT molecular complexity index is 1260. The van der Waals surface area contributed by atoms with Crippen molar-refractivity contribution in [3.63, 3.8) is 0 Å². The van der Waals surface area contributed by atoms with Crippen molar-refractivity contribution < 1.29 is 13.2 Å². The molecule has 0 N–H and O–H groups in total. The topological polar surface area (TPSA) is 72.3 Å². The van der Waals surface area contributed by atoms with E-state index in [9.17, 15) is 13.2 Å². The highest BCUT2D eigenvalue weighted by atomic mass is 79.9. The second kappa shape index (κ2) is 7.53. The van der Waals surface area contributed by atoms with Gasteiger partial charge in [-0.05, 0) is 42.8 Å². The number of anilines is 2. The van der Waals surface area contributed by atoms with Crippen LogP contribution >= 0.6 is 49.8 Å². The van der Waals surface area contributed by atoms with Crippen LogP contribution in [0.2, 0.25) is 10.0 Å². The Hall–Kier alpha value is -1.58. The third kappa shape index (κ3) is 3.65. The molecule has 1 amide bonds. The number of hydrogen-bond acceptors (Lipinski definition) is 4. The summed E-state index contributed by atoms with van der Waals surface area (Å²) in [6.45, 7) is 1.65. The summed E-state index contributed by atoms with van der Waals surface area (Å²) < 4.78 is 26.7. The van der Waals surface area contributed by atoms with Gasteiger partial charge >= 0.3 is 0 Å². The molecule has 2 aromatic carbocycles. The Morgan fingerprint density at radius 3 is 2.27 bits per heavy atom. The highest BCUT2D eigenvalue weighted by Crippen LogP contribution is 2.44. The maximum Gasteiger partial charge on any atom is 0.278 e. The van der Waals surface area contributed by atoms with Crippen LogP contribution in [0.15, 0.2) is 58.2 Å². The third-order valence-corrected chi connectivity index (χ3v) is 7.11. The number of amides is 1. The minimum atomic E-state index is -4.17. The summed E-state index contributed by atoms with van der Waals surface area (Å²) in [4.78, 5) is 19.2. The summed E-state index contributed by atoms with van der Waals surface area (Å²) >= 11 is 15.6. The van der Waals surface area contributed by atoms with Gasteiger partial charge in [0.2, 0.25) is 5.95 Å². The Morgan fingerprint density at radius 1 is 1.10 bits per heavy atom. The summed E-state index contributed by atoms with van der Waals surface area (Å²) in [6, 6.07) is 12.1. The summed E-state index contributed by atoms with van der Waals surface area (Å²) in [5.41, 5.74) is -0.0915. The van der Waals surface area contributed by atoms with Crippen molar-refractivity contribution in [3.05, 3.63) is 68.7 Å². The number of fused-ring (bicyclic) bond motifs is 1. The number of imidazole rings is 1. The molecule has 0 aliphatic carbocycles. The average molecular weight is 550 g/mol. The molecule has 0 fully saturated rings. The second-order valence-corrected chi connectivity index (χ2v) is 11.3. The van der Waals surface area contributed by atoms with Gasteiger partial charge in [0, 0.05) is 31.6 Å². The molecule has 1 atom stereocenters. The summed E-state index contributed by atoms with van der Waals surface area (Å²) in [7, 11) is 1.49. The van der Waals surface area contributed by atoms with Gasteiger partial charge in [-0.1, -0.05) is 51.3 Å². The molecule has 30 heavy (non-hydrogen) atoms. The van der Waals surface area contributed by atoms with Crippen molar-refractivity contribution in [3.8, 4) is 0 Å². The van der Waals surface area contributed by atoms with Crippen molar-refractivity contribution in [2.75, 3.05) is 4.90 Å². The largest absolute Gasteiger partial charge is 0.284 e. The van der Waals surface area contributed by atoms with Gasteiger partial charge in [0.25, 0.3) is 15.0 Å². The number of benzene rings is 2. The van der Waals surface area contributed by atoms with Crippen molar-refractivity contribution in [2.45, 2.75) is 23.9 Å². The predicted octanol–water partition coefficient (Wildman–Crippen LogP) is 5.52. The van der Waals surface area contributed by atoms with E-state index in [4.69, 9.17) is 33.9 Å². The number of nitrogens with zero attached hydrogens (tertiary/aromatic N) is 3. The second-order valence-electron chi connectivity index (χ2n) is 7.02. The minimum Gasteiger partial charge on any atom is -0.284 e. The van der Waals surface area contributed by atoms with E-state index in [0.29, 0.717) is 15.7 Å². The average Bonchev–Trinajstić information content (AvgIpc) is 3.16. The highest BCUT2D eigenvalue weighted by Gasteiger charge is 2.51. The molecule has 1 aliphatic heterocycles. The third-order valence-electron chi connectivity index (χ3n) is 4.89. The molecule has 1 aliphatic rings. The Balaban J connectivity index is 1.93. The maximum absolute atomic E-state index is 13.7. The lowest BCUT2D eigenvalue weighted by atomic mass is 9.92. The van der Waals surface area contributed by atoms with Crippen LogP contribution in [0.1, 0.15) is 12.5 Å². The molecule has 0 bridgehead atoms. The SMILES string of the molecule is CC1(Cc2ccc(Br)cc2)C(=O)N(c2cc(Cl)cc(Cl)c2)c2ncc(S(=O)(=O)Cl)n21. The Kier molecular flexibility index (Phi) is 5.43. The maximum atomic E-state index is 13.7. The molecule has 0 saturated heterocycles. The van der Waals surface area contributed by atoms with E-state index >= 15 is 0 Å². The van der Waals surface area contributed by atoms with Gasteiger partial charge in [-0.3, -0.25) is 9.36 Å². The van der Waals surface area contributed by atoms with Crippen LogP contribution in [-0.2, 0) is 25.8 Å². The first-order valence-electron chi connectivity index (χ1n) is 8.59. The van der Waals surface area contributed by atoms with Crippen LogP contribution < -0.4 is 4.90 Å². The lowest BCUT2D eigenvalue weighted by Crippen LogP contribution is -2.41. The number of aromatic nitrogens is 2. The summed E-state index contributed by atoms with van der Waals surface area (Å²) in [6.07, 6.45) is 1.36. The first-order valence-corrected chi connectivity index (χ1v) is 12.4. The van der Waals surface area contributed by atoms with Crippen LogP contribution in [0.4, 0.5) is 11.6 Å². The molecule has 0 saturated carbocycles. The number of halogens is 4. The normalized spacial score (nSPS) is 18.7. The molecule has 1 aromatic heterocycles. The molecule has 2 heterocycles. The molecule has 4 rings (SSSR count). The zero-order chi connectivity index (χ0) is 21.8. The van der Waals surface area contributed by atoms with Gasteiger partial charge in [-0.25, -0.2) is 18.3 Å². The fourth-order valence-electron chi connectivity index (χ4n) is 3.60. The van der Waals surface area contributed by atoms with E-state index in [-0.39, 0.29) is 23.3 Å². The molecule has 0 spiro atoms. The lowest BCUT2D eigenvalue weighted by Gasteiger charge is -2.26. The quantitative estimate of drug-likeness (QED) is 0.402. The first kappa shape index (κ1) is 21.6. The molecule has 6 nitrogen and oxygen atoms in total. The minimum absolute atomic E-state index is 0.122. The monoisotopic (exact) mass is 547 g/mol. The number of rotatable bonds is 4. The van der Waals surface area contributed by atoms with Crippen molar-refractivity contribution in [2.24, 2.45) is 0 Å². The van der Waals surface area contributed by atoms with Crippen LogP contribution in [0, 0.1) is 0 Å².